The van der Waals surface area contributed by atoms with Crippen LogP contribution in [0.5, 0.6) is 5.75 Å². The predicted molar refractivity (Wildman–Crippen MR) is 129 cm³/mol. The van der Waals surface area contributed by atoms with E-state index in [9.17, 15) is 18.0 Å². The van der Waals surface area contributed by atoms with Crippen LogP contribution in [0.1, 0.15) is 27.7 Å². The van der Waals surface area contributed by atoms with E-state index >= 15 is 0 Å². The molecule has 1 amide bonds. The number of rotatable bonds is 12. The third-order valence-electron chi connectivity index (χ3n) is 4.55. The van der Waals surface area contributed by atoms with E-state index in [-0.39, 0.29) is 23.3 Å². The molecule has 10 heteroatoms. The Balaban J connectivity index is 1.86. The molecule has 0 bridgehead atoms. The van der Waals surface area contributed by atoms with E-state index in [4.69, 9.17) is 9.47 Å². The number of amides is 1. The second-order valence-electron chi connectivity index (χ2n) is 8.43. The maximum Gasteiger partial charge on any atom is 0.344 e. The van der Waals surface area contributed by atoms with Crippen molar-refractivity contribution in [2.75, 3.05) is 37.7 Å². The largest absolute Gasteiger partial charge is 0.482 e. The number of carbonyl (C=O) groups excluding carboxylic acids is 2. The third-order valence-corrected chi connectivity index (χ3v) is 7.71. The lowest BCUT2D eigenvalue weighted by Crippen LogP contribution is -2.39. The van der Waals surface area contributed by atoms with Crippen molar-refractivity contribution in [1.29, 1.82) is 0 Å². The first kappa shape index (κ1) is 26.7. The van der Waals surface area contributed by atoms with Crippen LogP contribution < -0.4 is 9.04 Å². The number of hydrogen-bond acceptors (Lipinski definition) is 7. The summed E-state index contributed by atoms with van der Waals surface area (Å²) < 4.78 is 37.1. The highest BCUT2D eigenvalue weighted by Crippen LogP contribution is 2.26. The molecule has 2 aromatic rings. The van der Waals surface area contributed by atoms with Crippen LogP contribution in [-0.2, 0) is 24.3 Å². The van der Waals surface area contributed by atoms with E-state index in [1.54, 1.807) is 46.7 Å². The molecule has 1 aromatic heterocycles. The van der Waals surface area contributed by atoms with Gasteiger partial charge in [0, 0.05) is 20.1 Å². The molecule has 8 nitrogen and oxygen atoms in total. The highest BCUT2D eigenvalue weighted by molar-refractivity contribution is 7.94. The third kappa shape index (κ3) is 8.04. The fourth-order valence-electron chi connectivity index (χ4n) is 3.01. The molecule has 0 unspecified atom stereocenters. The van der Waals surface area contributed by atoms with Crippen LogP contribution in [0.25, 0.3) is 0 Å². The van der Waals surface area contributed by atoms with E-state index in [1.165, 1.54) is 11.4 Å². The van der Waals surface area contributed by atoms with Gasteiger partial charge in [0.2, 0.25) is 0 Å². The summed E-state index contributed by atoms with van der Waals surface area (Å²) in [5.41, 5.74) is 0.458. The molecule has 1 heterocycles. The topological polar surface area (TPSA) is 93.2 Å². The van der Waals surface area contributed by atoms with Crippen molar-refractivity contribution in [2.24, 2.45) is 11.8 Å². The number of sulfonamides is 1. The van der Waals surface area contributed by atoms with Crippen LogP contribution in [0.4, 0.5) is 5.69 Å². The normalized spacial score (nSPS) is 11.5. The van der Waals surface area contributed by atoms with Crippen molar-refractivity contribution < 1.29 is 27.5 Å². The lowest BCUT2D eigenvalue weighted by atomic mass is 10.1. The lowest BCUT2D eigenvalue weighted by molar-refractivity contribution is -0.154. The Hall–Kier alpha value is -2.59. The van der Waals surface area contributed by atoms with Crippen LogP contribution in [-0.4, -0.2) is 58.5 Å². The molecular weight excluding hydrogens is 464 g/mol. The molecular formula is C23H32N2O6S2. The highest BCUT2D eigenvalue weighted by Gasteiger charge is 2.22. The molecule has 0 N–H and O–H groups in total. The summed E-state index contributed by atoms with van der Waals surface area (Å²) in [6, 6.07) is 9.55. The summed E-state index contributed by atoms with van der Waals surface area (Å²) in [6.45, 7) is 8.64. The zero-order valence-electron chi connectivity index (χ0n) is 19.7. The summed E-state index contributed by atoms with van der Waals surface area (Å²) in [7, 11) is -2.15. The fraction of sp³-hybridized carbons (Fsp3) is 0.478. The van der Waals surface area contributed by atoms with Gasteiger partial charge in [0.05, 0.1) is 5.69 Å². The summed E-state index contributed by atoms with van der Waals surface area (Å²) in [5.74, 6) is 0.122. The van der Waals surface area contributed by atoms with Crippen LogP contribution in [0.2, 0.25) is 0 Å². The number of hydrogen-bond donors (Lipinski definition) is 0. The Morgan fingerprint density at radius 1 is 0.970 bits per heavy atom. The standard InChI is InChI=1S/C23H32N2O6S2/c1-17(2)13-25(14-18(3)4)21(26)15-31-22(27)16-30-20-10-8-19(9-11-20)24(5)33(28,29)23-7-6-12-32-23/h6-12,17-18H,13-16H2,1-5H3. The number of nitrogens with zero attached hydrogens (tertiary/aromatic N) is 2. The van der Waals surface area contributed by atoms with Crippen molar-refractivity contribution in [2.45, 2.75) is 31.9 Å². The van der Waals surface area contributed by atoms with Gasteiger partial charge >= 0.3 is 5.97 Å². The molecule has 0 saturated carbocycles. The lowest BCUT2D eigenvalue weighted by Gasteiger charge is -2.26. The monoisotopic (exact) mass is 496 g/mol. The van der Waals surface area contributed by atoms with Gasteiger partial charge in [-0.1, -0.05) is 33.8 Å². The van der Waals surface area contributed by atoms with Gasteiger partial charge < -0.3 is 14.4 Å². The Morgan fingerprint density at radius 3 is 2.09 bits per heavy atom. The predicted octanol–water partition coefficient (Wildman–Crippen LogP) is 3.64. The van der Waals surface area contributed by atoms with Crippen molar-refractivity contribution in [1.82, 2.24) is 4.90 Å². The number of thiophene rings is 1. The Bertz CT molecular complexity index is 992. The molecule has 0 radical (unpaired) electrons. The zero-order valence-corrected chi connectivity index (χ0v) is 21.3. The van der Waals surface area contributed by atoms with Crippen LogP contribution in [0.3, 0.4) is 0 Å². The van der Waals surface area contributed by atoms with Crippen molar-refractivity contribution in [3.8, 4) is 5.75 Å². The number of esters is 1. The fourth-order valence-corrected chi connectivity index (χ4v) is 5.37. The van der Waals surface area contributed by atoms with Crippen molar-refractivity contribution in [3.05, 3.63) is 41.8 Å². The van der Waals surface area contributed by atoms with E-state index in [0.717, 1.165) is 11.3 Å². The second kappa shape index (κ2) is 12.0. The molecule has 0 saturated heterocycles. The number of carbonyl (C=O) groups is 2. The van der Waals surface area contributed by atoms with Crippen molar-refractivity contribution >= 4 is 38.9 Å². The van der Waals surface area contributed by atoms with Gasteiger partial charge in [-0.05, 0) is 47.5 Å². The molecule has 0 fully saturated rings. The Labute approximate surface area is 200 Å². The Kier molecular flexibility index (Phi) is 9.72. The smallest absolute Gasteiger partial charge is 0.344 e. The zero-order chi connectivity index (χ0) is 24.6. The van der Waals surface area contributed by atoms with E-state index in [1.807, 2.05) is 27.7 Å². The summed E-state index contributed by atoms with van der Waals surface area (Å²) in [6.07, 6.45) is 0. The van der Waals surface area contributed by atoms with Gasteiger partial charge in [-0.15, -0.1) is 11.3 Å². The minimum absolute atomic E-state index is 0.231. The minimum Gasteiger partial charge on any atom is -0.482 e. The van der Waals surface area contributed by atoms with E-state index < -0.39 is 16.0 Å². The maximum absolute atomic E-state index is 12.6. The molecule has 0 aliphatic rings. The van der Waals surface area contributed by atoms with Gasteiger partial charge in [0.1, 0.15) is 9.96 Å². The first-order valence-electron chi connectivity index (χ1n) is 10.7. The van der Waals surface area contributed by atoms with Gasteiger partial charge in [-0.3, -0.25) is 9.10 Å². The van der Waals surface area contributed by atoms with Gasteiger partial charge in [-0.2, -0.15) is 0 Å². The van der Waals surface area contributed by atoms with Crippen LogP contribution in [0.15, 0.2) is 46.0 Å². The van der Waals surface area contributed by atoms with Gasteiger partial charge in [0.15, 0.2) is 13.2 Å². The highest BCUT2D eigenvalue weighted by atomic mass is 32.2. The maximum atomic E-state index is 12.6. The quantitative estimate of drug-likeness (QED) is 0.417. The second-order valence-corrected chi connectivity index (χ2v) is 11.6. The molecule has 0 aliphatic carbocycles. The molecule has 2 rings (SSSR count). The number of anilines is 1. The van der Waals surface area contributed by atoms with E-state index in [2.05, 4.69) is 0 Å². The summed E-state index contributed by atoms with van der Waals surface area (Å²) >= 11 is 1.15. The summed E-state index contributed by atoms with van der Waals surface area (Å²) in [4.78, 5) is 26.1. The molecule has 0 atom stereocenters. The van der Waals surface area contributed by atoms with Gasteiger partial charge in [0.25, 0.3) is 15.9 Å². The van der Waals surface area contributed by atoms with Crippen molar-refractivity contribution in [3.63, 3.8) is 0 Å². The van der Waals surface area contributed by atoms with Gasteiger partial charge in [-0.25, -0.2) is 13.2 Å². The SMILES string of the molecule is CC(C)CN(CC(C)C)C(=O)COC(=O)COc1ccc(N(C)S(=O)(=O)c2cccs2)cc1. The van der Waals surface area contributed by atoms with E-state index in [0.29, 0.717) is 36.4 Å². The number of benzene rings is 1. The summed E-state index contributed by atoms with van der Waals surface area (Å²) in [5, 5.41) is 1.70. The molecule has 0 spiro atoms. The average Bonchev–Trinajstić information content (AvgIpc) is 3.30. The average molecular weight is 497 g/mol. The molecule has 1 aromatic carbocycles. The van der Waals surface area contributed by atoms with Crippen LogP contribution in [0, 0.1) is 11.8 Å². The molecule has 182 valence electrons. The first-order chi connectivity index (χ1) is 15.5. The van der Waals surface area contributed by atoms with Crippen LogP contribution >= 0.6 is 11.3 Å². The number of ether oxygens (including phenoxy) is 2. The minimum atomic E-state index is -3.62. The molecule has 0 aliphatic heterocycles. The Morgan fingerprint density at radius 2 is 1.58 bits per heavy atom. The first-order valence-corrected chi connectivity index (χ1v) is 13.0. The molecule has 33 heavy (non-hydrogen) atoms.